The van der Waals surface area contributed by atoms with E-state index in [1.165, 1.54) is 6.20 Å². The lowest BCUT2D eigenvalue weighted by Crippen LogP contribution is -2.38. The second-order valence-electron chi connectivity index (χ2n) is 4.78. The van der Waals surface area contributed by atoms with E-state index in [4.69, 9.17) is 0 Å². The Morgan fingerprint density at radius 3 is 2.79 bits per heavy atom. The smallest absolute Gasteiger partial charge is 0.394 e. The average molecular weight is 274 g/mol. The Bertz CT molecular complexity index is 423. The molecule has 1 aliphatic heterocycles. The molecule has 1 fully saturated rings. The highest BCUT2D eigenvalue weighted by Gasteiger charge is 2.32. The van der Waals surface area contributed by atoms with E-state index in [0.29, 0.717) is 12.4 Å². The fourth-order valence-corrected chi connectivity index (χ4v) is 2.42. The zero-order valence-electron chi connectivity index (χ0n) is 10.5. The quantitative estimate of drug-likeness (QED) is 0.901. The van der Waals surface area contributed by atoms with E-state index < -0.39 is 11.7 Å². The lowest BCUT2D eigenvalue weighted by Gasteiger charge is -2.30. The van der Waals surface area contributed by atoms with Crippen molar-refractivity contribution in [1.82, 2.24) is 4.98 Å². The summed E-state index contributed by atoms with van der Waals surface area (Å²) in [6.45, 7) is 0.581. The summed E-state index contributed by atoms with van der Waals surface area (Å²) in [5.74, 6) is 0.302. The zero-order valence-corrected chi connectivity index (χ0v) is 10.5. The first kappa shape index (κ1) is 14.1. The minimum atomic E-state index is -4.36. The Hall–Kier alpha value is -1.30. The predicted octanol–water partition coefficient (Wildman–Crippen LogP) is 2.84. The van der Waals surface area contributed by atoms with Crippen molar-refractivity contribution >= 4 is 5.82 Å². The summed E-state index contributed by atoms with van der Waals surface area (Å²) in [7, 11) is 0. The molecule has 0 bridgehead atoms. The fourth-order valence-electron chi connectivity index (χ4n) is 2.42. The molecule has 0 radical (unpaired) electrons. The maximum absolute atomic E-state index is 12.7. The van der Waals surface area contributed by atoms with Gasteiger partial charge in [-0.25, -0.2) is 4.98 Å². The summed E-state index contributed by atoms with van der Waals surface area (Å²) >= 11 is 0. The van der Waals surface area contributed by atoms with Crippen molar-refractivity contribution in [3.8, 4) is 0 Å². The van der Waals surface area contributed by atoms with Gasteiger partial charge in [-0.05, 0) is 25.0 Å². The Morgan fingerprint density at radius 1 is 1.32 bits per heavy atom. The molecular weight excluding hydrogens is 257 g/mol. The number of halogens is 3. The average Bonchev–Trinajstić information content (AvgIpc) is 2.62. The van der Waals surface area contributed by atoms with Gasteiger partial charge in [0.1, 0.15) is 5.82 Å². The maximum Gasteiger partial charge on any atom is 0.416 e. The first-order chi connectivity index (χ1) is 9.02. The highest BCUT2D eigenvalue weighted by atomic mass is 19.4. The minimum absolute atomic E-state index is 0.0576. The van der Waals surface area contributed by atoms with Crippen LogP contribution in [0.5, 0.6) is 0 Å². The number of hydrogen-bond donors (Lipinski definition) is 1. The van der Waals surface area contributed by atoms with Crippen LogP contribution in [0.25, 0.3) is 0 Å². The number of rotatable bonds is 2. The molecule has 0 saturated carbocycles. The van der Waals surface area contributed by atoms with Crippen LogP contribution in [0.1, 0.15) is 31.2 Å². The Balaban J connectivity index is 2.28. The maximum atomic E-state index is 12.7. The SMILES string of the molecule is OCC1CCCCCN1c1cc(C(F)(F)F)ccn1. The van der Waals surface area contributed by atoms with Gasteiger partial charge in [-0.1, -0.05) is 12.8 Å². The third-order valence-corrected chi connectivity index (χ3v) is 3.45. The van der Waals surface area contributed by atoms with Crippen molar-refractivity contribution in [2.75, 3.05) is 18.1 Å². The van der Waals surface area contributed by atoms with Gasteiger partial charge in [0, 0.05) is 12.7 Å². The van der Waals surface area contributed by atoms with Crippen LogP contribution in [0.15, 0.2) is 18.3 Å². The second-order valence-corrected chi connectivity index (χ2v) is 4.78. The van der Waals surface area contributed by atoms with E-state index >= 15 is 0 Å². The van der Waals surface area contributed by atoms with Gasteiger partial charge in [0.15, 0.2) is 0 Å². The second kappa shape index (κ2) is 5.77. The molecule has 0 aromatic carbocycles. The number of aromatic nitrogens is 1. The largest absolute Gasteiger partial charge is 0.416 e. The number of alkyl halides is 3. The standard InChI is InChI=1S/C13H17F3N2O/c14-13(15,16)10-5-6-17-12(8-10)18-7-3-1-2-4-11(18)9-19/h5-6,8,11,19H,1-4,7,9H2. The third-order valence-electron chi connectivity index (χ3n) is 3.45. The number of hydrogen-bond acceptors (Lipinski definition) is 3. The van der Waals surface area contributed by atoms with E-state index in [-0.39, 0.29) is 12.6 Å². The summed E-state index contributed by atoms with van der Waals surface area (Å²) in [4.78, 5) is 5.83. The number of aliphatic hydroxyl groups is 1. The third kappa shape index (κ3) is 3.37. The van der Waals surface area contributed by atoms with Gasteiger partial charge < -0.3 is 10.0 Å². The summed E-state index contributed by atoms with van der Waals surface area (Å²) in [6.07, 6.45) is 0.533. The van der Waals surface area contributed by atoms with Crippen molar-refractivity contribution in [2.24, 2.45) is 0 Å². The Labute approximate surface area is 110 Å². The molecule has 1 aromatic heterocycles. The lowest BCUT2D eigenvalue weighted by atomic mass is 10.1. The van der Waals surface area contributed by atoms with E-state index in [0.717, 1.165) is 37.8 Å². The molecule has 1 saturated heterocycles. The molecule has 2 rings (SSSR count). The molecule has 1 atom stereocenters. The van der Waals surface area contributed by atoms with Crippen LogP contribution in [0.4, 0.5) is 19.0 Å². The topological polar surface area (TPSA) is 36.4 Å². The monoisotopic (exact) mass is 274 g/mol. The summed E-state index contributed by atoms with van der Waals surface area (Å²) < 4.78 is 38.1. The summed E-state index contributed by atoms with van der Waals surface area (Å²) in [6, 6.07) is 1.89. The first-order valence-electron chi connectivity index (χ1n) is 6.43. The molecule has 106 valence electrons. The van der Waals surface area contributed by atoms with Gasteiger partial charge in [-0.15, -0.1) is 0 Å². The van der Waals surface area contributed by atoms with Gasteiger partial charge in [0.25, 0.3) is 0 Å². The van der Waals surface area contributed by atoms with Crippen LogP contribution in [0, 0.1) is 0 Å². The normalized spacial score (nSPS) is 21.3. The zero-order chi connectivity index (χ0) is 13.9. The van der Waals surface area contributed by atoms with Gasteiger partial charge in [-0.2, -0.15) is 13.2 Å². The molecule has 1 N–H and O–H groups in total. The number of nitrogens with zero attached hydrogens (tertiary/aromatic N) is 2. The van der Waals surface area contributed by atoms with Crippen LogP contribution in [0.2, 0.25) is 0 Å². The molecule has 19 heavy (non-hydrogen) atoms. The van der Waals surface area contributed by atoms with Crippen LogP contribution in [0.3, 0.4) is 0 Å². The van der Waals surface area contributed by atoms with Gasteiger partial charge >= 0.3 is 6.18 Å². The van der Waals surface area contributed by atoms with E-state index in [9.17, 15) is 18.3 Å². The number of aliphatic hydroxyl groups excluding tert-OH is 1. The molecule has 1 aromatic rings. The molecule has 6 heteroatoms. The van der Waals surface area contributed by atoms with E-state index in [2.05, 4.69) is 4.98 Å². The van der Waals surface area contributed by atoms with Crippen LogP contribution >= 0.6 is 0 Å². The highest BCUT2D eigenvalue weighted by Crippen LogP contribution is 2.32. The van der Waals surface area contributed by atoms with Crippen LogP contribution in [-0.2, 0) is 6.18 Å². The van der Waals surface area contributed by atoms with Gasteiger partial charge in [-0.3, -0.25) is 0 Å². The van der Waals surface area contributed by atoms with Gasteiger partial charge in [0.05, 0.1) is 18.2 Å². The number of pyridine rings is 1. The number of anilines is 1. The van der Waals surface area contributed by atoms with Crippen LogP contribution in [-0.4, -0.2) is 29.3 Å². The van der Waals surface area contributed by atoms with Gasteiger partial charge in [0.2, 0.25) is 0 Å². The predicted molar refractivity (Wildman–Crippen MR) is 65.9 cm³/mol. The molecule has 3 nitrogen and oxygen atoms in total. The molecule has 1 unspecified atom stereocenters. The molecule has 0 spiro atoms. The highest BCUT2D eigenvalue weighted by molar-refractivity contribution is 5.43. The summed E-state index contributed by atoms with van der Waals surface area (Å²) in [5, 5.41) is 9.39. The molecule has 0 amide bonds. The lowest BCUT2D eigenvalue weighted by molar-refractivity contribution is -0.137. The van der Waals surface area contributed by atoms with Crippen molar-refractivity contribution in [2.45, 2.75) is 37.9 Å². The molecule has 0 aliphatic carbocycles. The Kier molecular flexibility index (Phi) is 4.29. The fraction of sp³-hybridized carbons (Fsp3) is 0.615. The molecular formula is C13H17F3N2O. The van der Waals surface area contributed by atoms with Crippen LogP contribution < -0.4 is 4.90 Å². The summed E-state index contributed by atoms with van der Waals surface area (Å²) in [5.41, 5.74) is -0.696. The molecule has 1 aliphatic rings. The van der Waals surface area contributed by atoms with Crippen molar-refractivity contribution in [3.05, 3.63) is 23.9 Å². The Morgan fingerprint density at radius 2 is 2.11 bits per heavy atom. The first-order valence-corrected chi connectivity index (χ1v) is 6.43. The van der Waals surface area contributed by atoms with Crippen molar-refractivity contribution in [1.29, 1.82) is 0 Å². The molecule has 2 heterocycles. The van der Waals surface area contributed by atoms with Crippen molar-refractivity contribution < 1.29 is 18.3 Å². The van der Waals surface area contributed by atoms with E-state index in [1.807, 2.05) is 0 Å². The van der Waals surface area contributed by atoms with Crippen molar-refractivity contribution in [3.63, 3.8) is 0 Å². The minimum Gasteiger partial charge on any atom is -0.394 e. The van der Waals surface area contributed by atoms with E-state index in [1.54, 1.807) is 4.90 Å².